The van der Waals surface area contributed by atoms with Gasteiger partial charge in [0.05, 0.1) is 6.61 Å². The molecule has 14 heavy (non-hydrogen) atoms. The number of para-hydroxylation sites is 1. The minimum absolute atomic E-state index is 0.821. The smallest absolute Gasteiger partial charge is 0.119 e. The molecule has 1 rings (SSSR count). The number of allylic oxidation sites excluding steroid dienone is 2. The Morgan fingerprint density at radius 3 is 2.64 bits per heavy atom. The van der Waals surface area contributed by atoms with Gasteiger partial charge in [-0.15, -0.1) is 0 Å². The van der Waals surface area contributed by atoms with Crippen molar-refractivity contribution in [1.29, 1.82) is 0 Å². The molecule has 0 bridgehead atoms. The second-order valence-electron chi connectivity index (χ2n) is 3.23. The highest BCUT2D eigenvalue weighted by atomic mass is 16.5. The van der Waals surface area contributed by atoms with E-state index in [0.29, 0.717) is 0 Å². The summed E-state index contributed by atoms with van der Waals surface area (Å²) in [6.07, 6.45) is 7.78. The number of ether oxygens (including phenoxy) is 1. The molecule has 0 unspecified atom stereocenters. The van der Waals surface area contributed by atoms with E-state index in [1.165, 1.54) is 6.42 Å². The quantitative estimate of drug-likeness (QED) is 0.489. The minimum Gasteiger partial charge on any atom is -0.494 e. The predicted octanol–water partition coefficient (Wildman–Crippen LogP) is 3.81. The fourth-order valence-electron chi connectivity index (χ4n) is 1.24. The van der Waals surface area contributed by atoms with Crippen LogP contribution in [0.4, 0.5) is 0 Å². The van der Waals surface area contributed by atoms with Crippen LogP contribution in [0.1, 0.15) is 26.2 Å². The Bertz CT molecular complexity index is 251. The summed E-state index contributed by atoms with van der Waals surface area (Å²) in [6.45, 7) is 2.88. The summed E-state index contributed by atoms with van der Waals surface area (Å²) in [4.78, 5) is 0. The highest BCUT2D eigenvalue weighted by molar-refractivity contribution is 5.20. The lowest BCUT2D eigenvalue weighted by molar-refractivity contribution is 0.307. The van der Waals surface area contributed by atoms with E-state index in [0.717, 1.165) is 25.2 Å². The summed E-state index contributed by atoms with van der Waals surface area (Å²) < 4.78 is 5.56. The summed E-state index contributed by atoms with van der Waals surface area (Å²) in [5.41, 5.74) is 0. The van der Waals surface area contributed by atoms with Gasteiger partial charge >= 0.3 is 0 Å². The van der Waals surface area contributed by atoms with Crippen LogP contribution in [0.5, 0.6) is 5.75 Å². The summed E-state index contributed by atoms with van der Waals surface area (Å²) >= 11 is 0. The van der Waals surface area contributed by atoms with Crippen molar-refractivity contribution in [3.8, 4) is 5.75 Å². The Morgan fingerprint density at radius 2 is 1.93 bits per heavy atom. The van der Waals surface area contributed by atoms with Crippen LogP contribution in [0.15, 0.2) is 42.5 Å². The number of rotatable bonds is 6. The van der Waals surface area contributed by atoms with E-state index in [2.05, 4.69) is 19.1 Å². The number of unbranched alkanes of at least 4 members (excludes halogenated alkanes) is 2. The number of hydrogen-bond acceptors (Lipinski definition) is 1. The van der Waals surface area contributed by atoms with E-state index in [-0.39, 0.29) is 0 Å². The maximum absolute atomic E-state index is 5.56. The molecule has 0 saturated heterocycles. The van der Waals surface area contributed by atoms with Crippen molar-refractivity contribution in [3.05, 3.63) is 42.5 Å². The molecule has 0 amide bonds. The zero-order valence-electron chi connectivity index (χ0n) is 8.78. The Morgan fingerprint density at radius 1 is 1.14 bits per heavy atom. The molecular formula is C13H18O. The van der Waals surface area contributed by atoms with Crippen LogP contribution in [-0.4, -0.2) is 6.61 Å². The first-order valence-electron chi connectivity index (χ1n) is 5.22. The average Bonchev–Trinajstić information content (AvgIpc) is 2.25. The van der Waals surface area contributed by atoms with Gasteiger partial charge in [0, 0.05) is 0 Å². The third-order valence-electron chi connectivity index (χ3n) is 2.01. The standard InChI is InChI=1S/C13H18O/c1-2-3-4-5-9-12-14-13-10-7-6-8-11-13/h2-3,6-8,10-11H,4-5,9,12H2,1H3/b3-2+. The first kappa shape index (κ1) is 10.8. The van der Waals surface area contributed by atoms with E-state index in [1.807, 2.05) is 30.3 Å². The van der Waals surface area contributed by atoms with E-state index in [1.54, 1.807) is 0 Å². The lowest BCUT2D eigenvalue weighted by atomic mass is 10.2. The van der Waals surface area contributed by atoms with Crippen molar-refractivity contribution in [2.24, 2.45) is 0 Å². The Balaban J connectivity index is 2.05. The van der Waals surface area contributed by atoms with E-state index >= 15 is 0 Å². The number of hydrogen-bond donors (Lipinski definition) is 0. The molecule has 0 saturated carbocycles. The van der Waals surface area contributed by atoms with Crippen LogP contribution in [-0.2, 0) is 0 Å². The van der Waals surface area contributed by atoms with Crippen LogP contribution < -0.4 is 4.74 Å². The molecule has 1 aromatic rings. The maximum atomic E-state index is 5.56. The van der Waals surface area contributed by atoms with Crippen molar-refractivity contribution < 1.29 is 4.74 Å². The highest BCUT2D eigenvalue weighted by Crippen LogP contribution is 2.09. The highest BCUT2D eigenvalue weighted by Gasteiger charge is 1.90. The van der Waals surface area contributed by atoms with Crippen molar-refractivity contribution in [2.75, 3.05) is 6.61 Å². The summed E-state index contributed by atoms with van der Waals surface area (Å²) in [6, 6.07) is 9.97. The molecule has 0 fully saturated rings. The van der Waals surface area contributed by atoms with Crippen molar-refractivity contribution in [1.82, 2.24) is 0 Å². The maximum Gasteiger partial charge on any atom is 0.119 e. The van der Waals surface area contributed by atoms with E-state index < -0.39 is 0 Å². The lowest BCUT2D eigenvalue weighted by Crippen LogP contribution is -1.96. The molecule has 0 heterocycles. The minimum atomic E-state index is 0.821. The van der Waals surface area contributed by atoms with Gasteiger partial charge in [0.2, 0.25) is 0 Å². The fraction of sp³-hybridized carbons (Fsp3) is 0.385. The first-order chi connectivity index (χ1) is 6.93. The second-order valence-corrected chi connectivity index (χ2v) is 3.23. The van der Waals surface area contributed by atoms with Gasteiger partial charge in [-0.05, 0) is 38.3 Å². The zero-order chi connectivity index (χ0) is 10.1. The van der Waals surface area contributed by atoms with E-state index in [9.17, 15) is 0 Å². The van der Waals surface area contributed by atoms with Gasteiger partial charge in [-0.2, -0.15) is 0 Å². The molecule has 0 aromatic heterocycles. The van der Waals surface area contributed by atoms with Gasteiger partial charge in [0.1, 0.15) is 5.75 Å². The predicted molar refractivity (Wildman–Crippen MR) is 60.6 cm³/mol. The molecule has 0 aliphatic carbocycles. The molecule has 0 aliphatic heterocycles. The van der Waals surface area contributed by atoms with Crippen LogP contribution in [0, 0.1) is 0 Å². The molecule has 0 N–H and O–H groups in total. The Labute approximate surface area is 86.4 Å². The van der Waals surface area contributed by atoms with Crippen LogP contribution in [0.3, 0.4) is 0 Å². The molecule has 1 nitrogen and oxygen atoms in total. The Hall–Kier alpha value is -1.24. The van der Waals surface area contributed by atoms with Gasteiger partial charge in [0.15, 0.2) is 0 Å². The van der Waals surface area contributed by atoms with Crippen molar-refractivity contribution in [3.63, 3.8) is 0 Å². The second kappa shape index (κ2) is 7.19. The summed E-state index contributed by atoms with van der Waals surface area (Å²) in [7, 11) is 0. The van der Waals surface area contributed by atoms with E-state index in [4.69, 9.17) is 4.74 Å². The molecule has 0 radical (unpaired) electrons. The molecule has 76 valence electrons. The summed E-state index contributed by atoms with van der Waals surface area (Å²) in [5.74, 6) is 0.971. The molecule has 0 spiro atoms. The topological polar surface area (TPSA) is 9.23 Å². The largest absolute Gasteiger partial charge is 0.494 e. The molecule has 1 heteroatoms. The van der Waals surface area contributed by atoms with Gasteiger partial charge < -0.3 is 4.74 Å². The van der Waals surface area contributed by atoms with Gasteiger partial charge in [0.25, 0.3) is 0 Å². The van der Waals surface area contributed by atoms with Crippen LogP contribution in [0.25, 0.3) is 0 Å². The number of benzene rings is 1. The van der Waals surface area contributed by atoms with Crippen LogP contribution in [0.2, 0.25) is 0 Å². The van der Waals surface area contributed by atoms with Crippen molar-refractivity contribution >= 4 is 0 Å². The first-order valence-corrected chi connectivity index (χ1v) is 5.22. The SMILES string of the molecule is C/C=C/CCCCOc1ccccc1. The zero-order valence-corrected chi connectivity index (χ0v) is 8.78. The average molecular weight is 190 g/mol. The molecule has 1 aromatic carbocycles. The normalized spacial score (nSPS) is 10.6. The monoisotopic (exact) mass is 190 g/mol. The van der Waals surface area contributed by atoms with Gasteiger partial charge in [-0.25, -0.2) is 0 Å². The van der Waals surface area contributed by atoms with Gasteiger partial charge in [-0.1, -0.05) is 30.4 Å². The van der Waals surface area contributed by atoms with Crippen molar-refractivity contribution in [2.45, 2.75) is 26.2 Å². The third kappa shape index (κ3) is 4.70. The molecule has 0 aliphatic rings. The third-order valence-corrected chi connectivity index (χ3v) is 2.01. The lowest BCUT2D eigenvalue weighted by Gasteiger charge is -2.04. The summed E-state index contributed by atoms with van der Waals surface area (Å²) in [5, 5.41) is 0. The molecular weight excluding hydrogens is 172 g/mol. The Kier molecular flexibility index (Phi) is 5.57. The molecule has 0 atom stereocenters. The fourth-order valence-corrected chi connectivity index (χ4v) is 1.24. The van der Waals surface area contributed by atoms with Gasteiger partial charge in [-0.3, -0.25) is 0 Å². The van der Waals surface area contributed by atoms with Crippen LogP contribution >= 0.6 is 0 Å².